The topological polar surface area (TPSA) is 54.8 Å². The number of halogens is 2. The Hall–Kier alpha value is -1.46. The molecule has 2 N–H and O–H groups in total. The number of nitrogens with one attached hydrogen (secondary N) is 2. The third-order valence-corrected chi connectivity index (χ3v) is 3.44. The molecule has 0 atom stereocenters. The lowest BCUT2D eigenvalue weighted by atomic mass is 10.4. The molecule has 0 aliphatic carbocycles. The fraction of sp³-hybridized carbons (Fsp3) is 0.429. The van der Waals surface area contributed by atoms with Crippen LogP contribution in [0.3, 0.4) is 0 Å². The SMILES string of the molecule is CCCNc1nc(NCCn2cc(C)cn2)c(Cl)cc1Cl. The highest BCUT2D eigenvalue weighted by Gasteiger charge is 2.08. The standard InChI is InChI=1S/C14H19Cl2N5/c1-3-4-17-13-11(15)7-12(16)14(20-13)18-5-6-21-9-10(2)8-19-21/h7-9H,3-6H2,1-2H3,(H2,17,18,20). The summed E-state index contributed by atoms with van der Waals surface area (Å²) in [5.74, 6) is 1.28. The summed E-state index contributed by atoms with van der Waals surface area (Å²) in [6.07, 6.45) is 4.83. The molecule has 21 heavy (non-hydrogen) atoms. The first-order valence-corrected chi connectivity index (χ1v) is 7.68. The maximum atomic E-state index is 6.16. The summed E-state index contributed by atoms with van der Waals surface area (Å²) in [5.41, 5.74) is 1.14. The van der Waals surface area contributed by atoms with Crippen LogP contribution in [0.5, 0.6) is 0 Å². The van der Waals surface area contributed by atoms with Crippen molar-refractivity contribution in [2.75, 3.05) is 23.7 Å². The van der Waals surface area contributed by atoms with Gasteiger partial charge in [-0.1, -0.05) is 30.1 Å². The normalized spacial score (nSPS) is 10.7. The van der Waals surface area contributed by atoms with Gasteiger partial charge < -0.3 is 10.6 Å². The predicted octanol–water partition coefficient (Wildman–Crippen LogP) is 3.83. The second-order valence-corrected chi connectivity index (χ2v) is 5.60. The fourth-order valence-corrected chi connectivity index (χ4v) is 2.33. The molecule has 0 bridgehead atoms. The summed E-state index contributed by atoms with van der Waals surface area (Å²) in [6.45, 7) is 6.34. The van der Waals surface area contributed by atoms with Crippen molar-refractivity contribution in [3.8, 4) is 0 Å². The Labute approximate surface area is 134 Å². The van der Waals surface area contributed by atoms with Crippen molar-refractivity contribution in [2.24, 2.45) is 0 Å². The van der Waals surface area contributed by atoms with Crippen LogP contribution in [-0.4, -0.2) is 27.9 Å². The van der Waals surface area contributed by atoms with Gasteiger partial charge in [-0.05, 0) is 25.0 Å². The van der Waals surface area contributed by atoms with Crippen LogP contribution in [0.2, 0.25) is 10.0 Å². The molecule has 2 aromatic rings. The number of pyridine rings is 1. The van der Waals surface area contributed by atoms with Crippen LogP contribution in [0.15, 0.2) is 18.5 Å². The van der Waals surface area contributed by atoms with E-state index in [1.165, 1.54) is 0 Å². The molecule has 0 spiro atoms. The summed E-state index contributed by atoms with van der Waals surface area (Å²) in [7, 11) is 0. The minimum atomic E-state index is 0.513. The number of hydrogen-bond donors (Lipinski definition) is 2. The van der Waals surface area contributed by atoms with Gasteiger partial charge in [0.2, 0.25) is 0 Å². The Morgan fingerprint density at radius 2 is 1.81 bits per heavy atom. The summed E-state index contributed by atoms with van der Waals surface area (Å²) in [6, 6.07) is 1.70. The first-order chi connectivity index (χ1) is 10.1. The molecule has 2 rings (SSSR count). The van der Waals surface area contributed by atoms with Gasteiger partial charge in [0.1, 0.15) is 11.6 Å². The third-order valence-electron chi connectivity index (χ3n) is 2.87. The van der Waals surface area contributed by atoms with E-state index in [1.54, 1.807) is 6.07 Å². The molecule has 0 fully saturated rings. The van der Waals surface area contributed by atoms with Crippen LogP contribution in [0.1, 0.15) is 18.9 Å². The van der Waals surface area contributed by atoms with Gasteiger partial charge in [0.05, 0.1) is 22.8 Å². The molecule has 0 aliphatic rings. The molecule has 114 valence electrons. The van der Waals surface area contributed by atoms with Gasteiger partial charge in [-0.3, -0.25) is 4.68 Å². The minimum Gasteiger partial charge on any atom is -0.369 e. The van der Waals surface area contributed by atoms with Gasteiger partial charge in [0, 0.05) is 19.3 Å². The van der Waals surface area contributed by atoms with E-state index >= 15 is 0 Å². The number of anilines is 2. The first kappa shape index (κ1) is 15.9. The molecule has 2 heterocycles. The molecule has 0 aromatic carbocycles. The van der Waals surface area contributed by atoms with Crippen LogP contribution in [0, 0.1) is 6.92 Å². The molecule has 0 unspecified atom stereocenters. The average molecular weight is 328 g/mol. The molecule has 0 saturated carbocycles. The maximum Gasteiger partial charge on any atom is 0.147 e. The van der Waals surface area contributed by atoms with E-state index in [2.05, 4.69) is 27.6 Å². The second-order valence-electron chi connectivity index (χ2n) is 4.78. The van der Waals surface area contributed by atoms with E-state index in [-0.39, 0.29) is 0 Å². The highest BCUT2D eigenvalue weighted by molar-refractivity contribution is 6.37. The molecule has 2 aromatic heterocycles. The zero-order chi connectivity index (χ0) is 15.2. The van der Waals surface area contributed by atoms with Crippen LogP contribution in [0.25, 0.3) is 0 Å². The van der Waals surface area contributed by atoms with Gasteiger partial charge >= 0.3 is 0 Å². The molecule has 0 radical (unpaired) electrons. The largest absolute Gasteiger partial charge is 0.369 e. The van der Waals surface area contributed by atoms with Crippen LogP contribution in [-0.2, 0) is 6.54 Å². The zero-order valence-electron chi connectivity index (χ0n) is 12.2. The molecule has 7 heteroatoms. The highest BCUT2D eigenvalue weighted by Crippen LogP contribution is 2.29. The third kappa shape index (κ3) is 4.51. The van der Waals surface area contributed by atoms with Crippen LogP contribution in [0.4, 0.5) is 11.6 Å². The van der Waals surface area contributed by atoms with Gasteiger partial charge in [0.25, 0.3) is 0 Å². The number of aromatic nitrogens is 3. The van der Waals surface area contributed by atoms with Crippen LogP contribution < -0.4 is 10.6 Å². The molecular weight excluding hydrogens is 309 g/mol. The van der Waals surface area contributed by atoms with Gasteiger partial charge in [-0.15, -0.1) is 0 Å². The van der Waals surface area contributed by atoms with Gasteiger partial charge in [-0.25, -0.2) is 4.98 Å². The molecule has 0 saturated heterocycles. The molecule has 0 aliphatic heterocycles. The lowest BCUT2D eigenvalue weighted by molar-refractivity contribution is 0.637. The Morgan fingerprint density at radius 1 is 1.14 bits per heavy atom. The molecule has 0 amide bonds. The Kier molecular flexibility index (Phi) is 5.70. The van der Waals surface area contributed by atoms with E-state index in [1.807, 2.05) is 24.0 Å². The lowest BCUT2D eigenvalue weighted by Crippen LogP contribution is -2.13. The van der Waals surface area contributed by atoms with Crippen molar-refractivity contribution in [1.29, 1.82) is 0 Å². The van der Waals surface area contributed by atoms with Crippen molar-refractivity contribution < 1.29 is 0 Å². The zero-order valence-corrected chi connectivity index (χ0v) is 13.7. The molecular formula is C14H19Cl2N5. The van der Waals surface area contributed by atoms with Crippen molar-refractivity contribution >= 4 is 34.8 Å². The van der Waals surface area contributed by atoms with Crippen molar-refractivity contribution in [3.63, 3.8) is 0 Å². The first-order valence-electron chi connectivity index (χ1n) is 6.93. The van der Waals surface area contributed by atoms with Crippen molar-refractivity contribution in [2.45, 2.75) is 26.8 Å². The summed E-state index contributed by atoms with van der Waals surface area (Å²) in [4.78, 5) is 4.43. The summed E-state index contributed by atoms with van der Waals surface area (Å²) in [5, 5.41) is 11.7. The monoisotopic (exact) mass is 327 g/mol. The average Bonchev–Trinajstić information content (AvgIpc) is 2.85. The smallest absolute Gasteiger partial charge is 0.147 e. The predicted molar refractivity (Wildman–Crippen MR) is 88.5 cm³/mol. The Balaban J connectivity index is 1.98. The summed E-state index contributed by atoms with van der Waals surface area (Å²) < 4.78 is 1.88. The minimum absolute atomic E-state index is 0.513. The number of aryl methyl sites for hydroxylation is 1. The number of rotatable bonds is 7. The maximum absolute atomic E-state index is 6.16. The second kappa shape index (κ2) is 7.52. The number of nitrogens with zero attached hydrogens (tertiary/aromatic N) is 3. The van der Waals surface area contributed by atoms with E-state index in [9.17, 15) is 0 Å². The van der Waals surface area contributed by atoms with Crippen LogP contribution >= 0.6 is 23.2 Å². The Bertz CT molecular complexity index is 597. The van der Waals surface area contributed by atoms with E-state index in [0.717, 1.165) is 25.1 Å². The van der Waals surface area contributed by atoms with Gasteiger partial charge in [-0.2, -0.15) is 5.10 Å². The number of hydrogen-bond acceptors (Lipinski definition) is 4. The van der Waals surface area contributed by atoms with Gasteiger partial charge in [0.15, 0.2) is 0 Å². The highest BCUT2D eigenvalue weighted by atomic mass is 35.5. The lowest BCUT2D eigenvalue weighted by Gasteiger charge is -2.12. The van der Waals surface area contributed by atoms with Crippen molar-refractivity contribution in [1.82, 2.24) is 14.8 Å². The Morgan fingerprint density at radius 3 is 2.38 bits per heavy atom. The molecule has 5 nitrogen and oxygen atoms in total. The fourth-order valence-electron chi connectivity index (χ4n) is 1.84. The van der Waals surface area contributed by atoms with E-state index < -0.39 is 0 Å². The van der Waals surface area contributed by atoms with Crippen molar-refractivity contribution in [3.05, 3.63) is 34.1 Å². The quantitative estimate of drug-likeness (QED) is 0.811. The van der Waals surface area contributed by atoms with E-state index in [4.69, 9.17) is 23.2 Å². The van der Waals surface area contributed by atoms with E-state index in [0.29, 0.717) is 28.2 Å². The summed E-state index contributed by atoms with van der Waals surface area (Å²) >= 11 is 12.3.